The number of carboxylic acids is 1. The summed E-state index contributed by atoms with van der Waals surface area (Å²) in [5.74, 6) is -1.49. The van der Waals surface area contributed by atoms with Crippen LogP contribution in [0.3, 0.4) is 0 Å². The zero-order valence-corrected chi connectivity index (χ0v) is 19.5. The molecule has 0 spiro atoms. The van der Waals surface area contributed by atoms with Gasteiger partial charge in [0.05, 0.1) is 5.69 Å². The molecule has 2 amide bonds. The highest BCUT2D eigenvalue weighted by atomic mass is 79.9. The zero-order valence-electron chi connectivity index (χ0n) is 18.0. The van der Waals surface area contributed by atoms with Crippen LogP contribution in [-0.2, 0) is 9.53 Å². The molecule has 0 aliphatic heterocycles. The topological polar surface area (TPSA) is 105 Å². The highest BCUT2D eigenvalue weighted by Crippen LogP contribution is 2.44. The van der Waals surface area contributed by atoms with Crippen LogP contribution in [0.5, 0.6) is 0 Å². The van der Waals surface area contributed by atoms with Crippen molar-refractivity contribution in [3.8, 4) is 11.1 Å². The van der Waals surface area contributed by atoms with Crippen molar-refractivity contribution in [3.63, 3.8) is 0 Å². The maximum absolute atomic E-state index is 12.5. The number of halogens is 1. The molecule has 34 heavy (non-hydrogen) atoms. The van der Waals surface area contributed by atoms with Gasteiger partial charge in [0.1, 0.15) is 6.61 Å². The molecule has 3 N–H and O–H groups in total. The number of carboxylic acid groups (broad SMARTS) is 1. The van der Waals surface area contributed by atoms with Gasteiger partial charge >= 0.3 is 12.1 Å². The molecule has 4 rings (SSSR count). The Morgan fingerprint density at radius 3 is 2.24 bits per heavy atom. The van der Waals surface area contributed by atoms with Gasteiger partial charge in [0.25, 0.3) is 5.91 Å². The molecule has 0 radical (unpaired) electrons. The third-order valence-electron chi connectivity index (χ3n) is 5.45. The molecule has 3 aromatic carbocycles. The molecule has 0 fully saturated rings. The summed E-state index contributed by atoms with van der Waals surface area (Å²) in [5, 5.41) is 13.9. The molecular weight excluding hydrogens is 500 g/mol. The van der Waals surface area contributed by atoms with Gasteiger partial charge in [0.2, 0.25) is 0 Å². The van der Waals surface area contributed by atoms with Crippen molar-refractivity contribution in [2.75, 3.05) is 18.5 Å². The molecule has 0 bridgehead atoms. The number of aliphatic carboxylic acids is 1. The minimum absolute atomic E-state index is 0.0390. The Morgan fingerprint density at radius 2 is 1.62 bits per heavy atom. The Morgan fingerprint density at radius 1 is 0.971 bits per heavy atom. The predicted octanol–water partition coefficient (Wildman–Crippen LogP) is 5.18. The third-order valence-corrected chi connectivity index (χ3v) is 6.11. The second-order valence-electron chi connectivity index (χ2n) is 7.60. The van der Waals surface area contributed by atoms with Gasteiger partial charge in [-0.3, -0.25) is 10.1 Å². The lowest BCUT2D eigenvalue weighted by atomic mass is 9.98. The first-order valence-corrected chi connectivity index (χ1v) is 11.3. The third kappa shape index (κ3) is 5.18. The van der Waals surface area contributed by atoms with Gasteiger partial charge < -0.3 is 15.2 Å². The normalized spacial score (nSPS) is 12.1. The van der Waals surface area contributed by atoms with E-state index in [4.69, 9.17) is 9.84 Å². The monoisotopic (exact) mass is 520 g/mol. The summed E-state index contributed by atoms with van der Waals surface area (Å²) in [6, 6.07) is 20.9. The zero-order chi connectivity index (χ0) is 24.1. The minimum Gasteiger partial charge on any atom is -0.478 e. The summed E-state index contributed by atoms with van der Waals surface area (Å²) >= 11 is 3.36. The van der Waals surface area contributed by atoms with Gasteiger partial charge in [0.15, 0.2) is 0 Å². The molecule has 0 saturated heterocycles. The molecule has 0 aromatic heterocycles. The Labute approximate surface area is 204 Å². The van der Waals surface area contributed by atoms with E-state index in [-0.39, 0.29) is 25.0 Å². The second-order valence-corrected chi connectivity index (χ2v) is 8.45. The molecule has 3 aromatic rings. The lowest BCUT2D eigenvalue weighted by Gasteiger charge is -2.15. The van der Waals surface area contributed by atoms with Crippen LogP contribution in [0, 0.1) is 0 Å². The first-order valence-electron chi connectivity index (χ1n) is 10.5. The number of anilines is 1. The number of amides is 2. The molecule has 172 valence electrons. The average Bonchev–Trinajstić information content (AvgIpc) is 3.15. The van der Waals surface area contributed by atoms with E-state index in [2.05, 4.69) is 50.8 Å². The van der Waals surface area contributed by atoms with E-state index >= 15 is 0 Å². The number of rotatable bonds is 7. The van der Waals surface area contributed by atoms with Gasteiger partial charge in [-0.05, 0) is 56.4 Å². The summed E-state index contributed by atoms with van der Waals surface area (Å²) < 4.78 is 6.06. The molecule has 0 unspecified atom stereocenters. The summed E-state index contributed by atoms with van der Waals surface area (Å²) in [6.45, 7) is 0.282. The van der Waals surface area contributed by atoms with Crippen molar-refractivity contribution in [3.05, 3.63) is 100 Å². The van der Waals surface area contributed by atoms with Gasteiger partial charge in [-0.2, -0.15) is 0 Å². The van der Waals surface area contributed by atoms with Crippen LogP contribution < -0.4 is 10.6 Å². The predicted molar refractivity (Wildman–Crippen MR) is 132 cm³/mol. The van der Waals surface area contributed by atoms with Gasteiger partial charge in [-0.25, -0.2) is 9.59 Å². The molecular formula is C26H21BrN2O5. The maximum atomic E-state index is 12.5. The Kier molecular flexibility index (Phi) is 7.08. The van der Waals surface area contributed by atoms with Crippen LogP contribution in [0.4, 0.5) is 10.5 Å². The summed E-state index contributed by atoms with van der Waals surface area (Å²) in [5.41, 5.74) is 5.38. The Hall–Kier alpha value is -3.91. The average molecular weight is 521 g/mol. The summed E-state index contributed by atoms with van der Waals surface area (Å²) in [6.07, 6.45) is 1.69. The molecule has 0 heterocycles. The highest BCUT2D eigenvalue weighted by molar-refractivity contribution is 9.10. The molecule has 0 atom stereocenters. The van der Waals surface area contributed by atoms with E-state index in [1.807, 2.05) is 24.3 Å². The summed E-state index contributed by atoms with van der Waals surface area (Å²) in [7, 11) is 0. The van der Waals surface area contributed by atoms with Crippen LogP contribution in [0.25, 0.3) is 11.1 Å². The van der Waals surface area contributed by atoms with E-state index in [0.29, 0.717) is 15.7 Å². The number of carbonyl (C=O) groups is 3. The lowest BCUT2D eigenvalue weighted by Crippen LogP contribution is -2.23. The van der Waals surface area contributed by atoms with E-state index in [1.165, 1.54) is 6.08 Å². The highest BCUT2D eigenvalue weighted by Gasteiger charge is 2.29. The number of ether oxygens (including phenoxy) is 1. The van der Waals surface area contributed by atoms with Crippen molar-refractivity contribution in [1.82, 2.24) is 5.32 Å². The van der Waals surface area contributed by atoms with Crippen LogP contribution >= 0.6 is 15.9 Å². The number of fused-ring (bicyclic) bond motifs is 3. The Balaban J connectivity index is 1.37. The SMILES string of the molecule is O=C(O)/C=C/CNC(=O)c1ccc(NC(=O)OCC2c3ccccc3-c3ccccc32)c(Br)c1. The summed E-state index contributed by atoms with van der Waals surface area (Å²) in [4.78, 5) is 35.2. The quantitative estimate of drug-likeness (QED) is 0.372. The fourth-order valence-corrected chi connectivity index (χ4v) is 4.39. The number of carbonyl (C=O) groups excluding carboxylic acids is 2. The minimum atomic E-state index is -1.08. The second kappa shape index (κ2) is 10.4. The van der Waals surface area contributed by atoms with Gasteiger partial charge in [-0.15, -0.1) is 0 Å². The molecule has 0 saturated carbocycles. The standard InChI is InChI=1S/C26H21BrN2O5/c27-22-14-16(25(32)28-13-5-10-24(30)31)11-12-23(22)29-26(33)34-15-21-19-8-3-1-6-17(19)18-7-2-4-9-20(18)21/h1-12,14,21H,13,15H2,(H,28,32)(H,29,33)(H,30,31)/b10-5+. The van der Waals surface area contributed by atoms with Crippen LogP contribution in [0.2, 0.25) is 0 Å². The smallest absolute Gasteiger partial charge is 0.411 e. The van der Waals surface area contributed by atoms with Gasteiger partial charge in [0, 0.05) is 28.6 Å². The maximum Gasteiger partial charge on any atom is 0.411 e. The van der Waals surface area contributed by atoms with E-state index in [0.717, 1.165) is 28.3 Å². The van der Waals surface area contributed by atoms with Gasteiger partial charge in [-0.1, -0.05) is 54.6 Å². The number of hydrogen-bond acceptors (Lipinski definition) is 4. The Bertz CT molecular complexity index is 1240. The molecule has 8 heteroatoms. The van der Waals surface area contributed by atoms with Crippen LogP contribution in [0.15, 0.2) is 83.4 Å². The first-order chi connectivity index (χ1) is 16.4. The lowest BCUT2D eigenvalue weighted by molar-refractivity contribution is -0.131. The van der Waals surface area contributed by atoms with Crippen molar-refractivity contribution >= 4 is 39.6 Å². The van der Waals surface area contributed by atoms with Crippen molar-refractivity contribution in [2.45, 2.75) is 5.92 Å². The van der Waals surface area contributed by atoms with Crippen molar-refractivity contribution < 1.29 is 24.2 Å². The van der Waals surface area contributed by atoms with E-state index in [1.54, 1.807) is 18.2 Å². The number of nitrogens with one attached hydrogen (secondary N) is 2. The number of hydrogen-bond donors (Lipinski definition) is 3. The molecule has 1 aliphatic rings. The largest absolute Gasteiger partial charge is 0.478 e. The van der Waals surface area contributed by atoms with Crippen LogP contribution in [0.1, 0.15) is 27.4 Å². The molecule has 7 nitrogen and oxygen atoms in total. The van der Waals surface area contributed by atoms with Crippen molar-refractivity contribution in [2.24, 2.45) is 0 Å². The van der Waals surface area contributed by atoms with Crippen LogP contribution in [-0.4, -0.2) is 36.2 Å². The molecule has 1 aliphatic carbocycles. The van der Waals surface area contributed by atoms with Crippen molar-refractivity contribution in [1.29, 1.82) is 0 Å². The van der Waals surface area contributed by atoms with E-state index < -0.39 is 12.1 Å². The fourth-order valence-electron chi connectivity index (χ4n) is 3.92. The van der Waals surface area contributed by atoms with E-state index in [9.17, 15) is 14.4 Å². The first kappa shape index (κ1) is 23.3. The fraction of sp³-hybridized carbons (Fsp3) is 0.115. The number of benzene rings is 3.